The summed E-state index contributed by atoms with van der Waals surface area (Å²) in [6.45, 7) is 0.626. The van der Waals surface area contributed by atoms with Gasteiger partial charge in [0.1, 0.15) is 11.3 Å². The van der Waals surface area contributed by atoms with Crippen LogP contribution in [0.5, 0.6) is 5.75 Å². The van der Waals surface area contributed by atoms with E-state index in [-0.39, 0.29) is 29.1 Å². The van der Waals surface area contributed by atoms with Gasteiger partial charge in [0, 0.05) is 23.4 Å². The Kier molecular flexibility index (Phi) is 3.98. The van der Waals surface area contributed by atoms with Crippen LogP contribution in [0.15, 0.2) is 42.5 Å². The SMILES string of the molecule is COc1cc([N+](=O)[O-])ccc1N1C(=O)[C@@H]2[C@@H]3CCCN3[C@]3(C(=O)Nc4ccccc43)[C@H]2C1=O. The third-order valence-corrected chi connectivity index (χ3v) is 7.52. The molecule has 2 aromatic rings. The van der Waals surface area contributed by atoms with Crippen LogP contribution in [0.1, 0.15) is 18.4 Å². The van der Waals surface area contributed by atoms with Gasteiger partial charge < -0.3 is 10.1 Å². The van der Waals surface area contributed by atoms with Gasteiger partial charge in [0.15, 0.2) is 0 Å². The van der Waals surface area contributed by atoms with E-state index in [2.05, 4.69) is 5.32 Å². The highest BCUT2D eigenvalue weighted by molar-refractivity contribution is 6.26. The van der Waals surface area contributed by atoms with Crippen molar-refractivity contribution in [2.45, 2.75) is 24.4 Å². The van der Waals surface area contributed by atoms with Crippen LogP contribution in [0.3, 0.4) is 0 Å². The number of imide groups is 1. The average molecular weight is 448 g/mol. The molecule has 168 valence electrons. The Bertz CT molecular complexity index is 1260. The smallest absolute Gasteiger partial charge is 0.273 e. The quantitative estimate of drug-likeness (QED) is 0.433. The Balaban J connectivity index is 1.53. The van der Waals surface area contributed by atoms with Crippen LogP contribution in [0, 0.1) is 22.0 Å². The molecule has 4 atom stereocenters. The Labute approximate surface area is 188 Å². The number of carbonyl (C=O) groups excluding carboxylic acids is 3. The molecule has 33 heavy (non-hydrogen) atoms. The minimum absolute atomic E-state index is 0.0551. The molecule has 10 heteroatoms. The molecule has 4 heterocycles. The molecule has 1 spiro atoms. The Morgan fingerprint density at radius 1 is 1.15 bits per heavy atom. The number of ether oxygens (including phenoxy) is 1. The summed E-state index contributed by atoms with van der Waals surface area (Å²) in [5.41, 5.74) is 0.0579. The number of benzene rings is 2. The fourth-order valence-electron chi connectivity index (χ4n) is 6.36. The maximum atomic E-state index is 13.9. The lowest BCUT2D eigenvalue weighted by atomic mass is 9.75. The van der Waals surface area contributed by atoms with Crippen molar-refractivity contribution in [3.8, 4) is 5.75 Å². The van der Waals surface area contributed by atoms with Crippen molar-refractivity contribution < 1.29 is 24.0 Å². The first-order chi connectivity index (χ1) is 15.9. The van der Waals surface area contributed by atoms with Gasteiger partial charge in [0.2, 0.25) is 17.7 Å². The second kappa shape index (κ2) is 6.61. The van der Waals surface area contributed by atoms with Gasteiger partial charge in [0.25, 0.3) is 5.69 Å². The molecule has 1 N–H and O–H groups in total. The zero-order valence-electron chi connectivity index (χ0n) is 17.7. The summed E-state index contributed by atoms with van der Waals surface area (Å²) in [5, 5.41) is 14.1. The molecule has 0 saturated carbocycles. The molecular weight excluding hydrogens is 428 g/mol. The molecule has 2 aromatic carbocycles. The van der Waals surface area contributed by atoms with E-state index in [0.29, 0.717) is 24.2 Å². The number of nitrogens with one attached hydrogen (secondary N) is 1. The van der Waals surface area contributed by atoms with Crippen molar-refractivity contribution >= 4 is 34.8 Å². The van der Waals surface area contributed by atoms with Crippen LogP contribution < -0.4 is 15.0 Å². The number of nitrogens with zero attached hydrogens (tertiary/aromatic N) is 3. The highest BCUT2D eigenvalue weighted by Gasteiger charge is 2.74. The molecule has 0 radical (unpaired) electrons. The number of hydrogen-bond donors (Lipinski definition) is 1. The van der Waals surface area contributed by atoms with Gasteiger partial charge >= 0.3 is 0 Å². The summed E-state index contributed by atoms with van der Waals surface area (Å²) >= 11 is 0. The number of methoxy groups -OCH3 is 1. The van der Waals surface area contributed by atoms with Crippen LogP contribution in [0.2, 0.25) is 0 Å². The van der Waals surface area contributed by atoms with Gasteiger partial charge in [-0.05, 0) is 31.5 Å². The zero-order chi connectivity index (χ0) is 23.1. The maximum Gasteiger partial charge on any atom is 0.273 e. The van der Waals surface area contributed by atoms with E-state index in [4.69, 9.17) is 4.74 Å². The average Bonchev–Trinajstić information content (AvgIpc) is 3.51. The number of anilines is 2. The lowest BCUT2D eigenvalue weighted by Crippen LogP contribution is -2.54. The Morgan fingerprint density at radius 2 is 1.94 bits per heavy atom. The van der Waals surface area contributed by atoms with E-state index in [9.17, 15) is 24.5 Å². The number of hydrogen-bond acceptors (Lipinski definition) is 7. The van der Waals surface area contributed by atoms with E-state index in [0.717, 1.165) is 11.3 Å². The first-order valence-corrected chi connectivity index (χ1v) is 10.8. The maximum absolute atomic E-state index is 13.9. The van der Waals surface area contributed by atoms with Crippen molar-refractivity contribution in [2.24, 2.45) is 11.8 Å². The van der Waals surface area contributed by atoms with Gasteiger partial charge in [-0.3, -0.25) is 29.4 Å². The number of amides is 3. The fraction of sp³-hybridized carbons (Fsp3) is 0.348. The van der Waals surface area contributed by atoms with Crippen molar-refractivity contribution in [3.63, 3.8) is 0 Å². The molecule has 3 saturated heterocycles. The number of nitro benzene ring substituents is 1. The Hall–Kier alpha value is -3.79. The minimum Gasteiger partial charge on any atom is -0.494 e. The first kappa shape index (κ1) is 19.9. The van der Waals surface area contributed by atoms with Crippen molar-refractivity contribution in [1.82, 2.24) is 4.90 Å². The van der Waals surface area contributed by atoms with E-state index in [1.54, 1.807) is 6.07 Å². The topological polar surface area (TPSA) is 122 Å². The van der Waals surface area contributed by atoms with Crippen LogP contribution in [-0.4, -0.2) is 47.2 Å². The normalized spacial score (nSPS) is 29.9. The van der Waals surface area contributed by atoms with E-state index in [1.165, 1.54) is 25.3 Å². The third kappa shape index (κ3) is 2.28. The molecule has 4 aliphatic rings. The van der Waals surface area contributed by atoms with Crippen molar-refractivity contribution in [1.29, 1.82) is 0 Å². The molecule has 4 aliphatic heterocycles. The number of fused-ring (bicyclic) bond motifs is 7. The number of nitro groups is 1. The Morgan fingerprint density at radius 3 is 2.70 bits per heavy atom. The highest BCUT2D eigenvalue weighted by Crippen LogP contribution is 2.61. The second-order valence-electron chi connectivity index (χ2n) is 8.80. The first-order valence-electron chi connectivity index (χ1n) is 10.8. The lowest BCUT2D eigenvalue weighted by Gasteiger charge is -2.36. The van der Waals surface area contributed by atoms with Crippen molar-refractivity contribution in [3.05, 3.63) is 58.1 Å². The molecule has 0 bridgehead atoms. The van der Waals surface area contributed by atoms with Crippen LogP contribution in [0.4, 0.5) is 17.1 Å². The largest absolute Gasteiger partial charge is 0.494 e. The van der Waals surface area contributed by atoms with Crippen LogP contribution >= 0.6 is 0 Å². The number of rotatable bonds is 3. The summed E-state index contributed by atoms with van der Waals surface area (Å²) in [5.74, 6) is -2.70. The molecule has 0 aromatic heterocycles. The number of carbonyl (C=O) groups is 3. The summed E-state index contributed by atoms with van der Waals surface area (Å²) < 4.78 is 5.31. The summed E-state index contributed by atoms with van der Waals surface area (Å²) in [6.07, 6.45) is 1.54. The molecule has 3 amide bonds. The fourth-order valence-corrected chi connectivity index (χ4v) is 6.36. The van der Waals surface area contributed by atoms with Crippen LogP contribution in [-0.2, 0) is 19.9 Å². The lowest BCUT2D eigenvalue weighted by molar-refractivity contribution is -0.384. The molecule has 10 nitrogen and oxygen atoms in total. The highest BCUT2D eigenvalue weighted by atomic mass is 16.6. The van der Waals surface area contributed by atoms with E-state index < -0.39 is 34.1 Å². The standard InChI is InChI=1S/C23H20N4O6/c1-33-17-11-12(27(31)32)8-9-15(17)26-20(28)18-16-7-4-10-25(16)23(19(18)21(26)29)13-5-2-3-6-14(13)24-22(23)30/h2-3,5-6,8-9,11,16,18-19H,4,7,10H2,1H3,(H,24,30)/t16-,18+,19+,23-/m0/s1. The van der Waals surface area contributed by atoms with E-state index in [1.807, 2.05) is 23.1 Å². The molecule has 6 rings (SSSR count). The third-order valence-electron chi connectivity index (χ3n) is 7.52. The summed E-state index contributed by atoms with van der Waals surface area (Å²) in [7, 11) is 1.33. The summed E-state index contributed by atoms with van der Waals surface area (Å²) in [4.78, 5) is 55.0. The number of para-hydroxylation sites is 1. The predicted octanol–water partition coefficient (Wildman–Crippen LogP) is 2.03. The van der Waals surface area contributed by atoms with Gasteiger partial charge in [-0.25, -0.2) is 4.90 Å². The van der Waals surface area contributed by atoms with Gasteiger partial charge in [-0.15, -0.1) is 0 Å². The van der Waals surface area contributed by atoms with Gasteiger partial charge in [-0.2, -0.15) is 0 Å². The van der Waals surface area contributed by atoms with Gasteiger partial charge in [-0.1, -0.05) is 18.2 Å². The predicted molar refractivity (Wildman–Crippen MR) is 116 cm³/mol. The number of non-ortho nitro benzene ring substituents is 1. The molecule has 0 unspecified atom stereocenters. The second-order valence-corrected chi connectivity index (χ2v) is 8.80. The van der Waals surface area contributed by atoms with Gasteiger partial charge in [0.05, 0.1) is 35.6 Å². The zero-order valence-corrected chi connectivity index (χ0v) is 17.7. The van der Waals surface area contributed by atoms with Crippen LogP contribution in [0.25, 0.3) is 0 Å². The minimum atomic E-state index is -1.25. The molecule has 3 fully saturated rings. The summed E-state index contributed by atoms with van der Waals surface area (Å²) in [6, 6.07) is 10.9. The monoisotopic (exact) mass is 448 g/mol. The van der Waals surface area contributed by atoms with E-state index >= 15 is 0 Å². The van der Waals surface area contributed by atoms with Crippen molar-refractivity contribution in [2.75, 3.05) is 23.9 Å². The molecule has 0 aliphatic carbocycles. The molecular formula is C23H20N4O6.